The number of hydrogen-bond donors (Lipinski definition) is 2. The third-order valence-electron chi connectivity index (χ3n) is 5.33. The van der Waals surface area contributed by atoms with Crippen molar-refractivity contribution in [3.05, 3.63) is 29.8 Å². The topological polar surface area (TPSA) is 61.4 Å². The molecule has 1 fully saturated rings. The maximum Gasteiger partial charge on any atom is 0.234 e. The van der Waals surface area contributed by atoms with Gasteiger partial charge in [-0.2, -0.15) is 0 Å². The quantitative estimate of drug-likeness (QED) is 0.660. The molecule has 1 saturated heterocycles. The molecule has 0 aliphatic carbocycles. The van der Waals surface area contributed by atoms with Crippen LogP contribution in [0.2, 0.25) is 0 Å². The lowest BCUT2D eigenvalue weighted by Crippen LogP contribution is -2.49. The highest BCUT2D eigenvalue weighted by Crippen LogP contribution is 2.21. The predicted molar refractivity (Wildman–Crippen MR) is 119 cm³/mol. The maximum absolute atomic E-state index is 12.2. The van der Waals surface area contributed by atoms with Gasteiger partial charge in [0, 0.05) is 18.3 Å². The van der Waals surface area contributed by atoms with Crippen LogP contribution in [-0.2, 0) is 9.59 Å². The minimum absolute atomic E-state index is 0.00406. The van der Waals surface area contributed by atoms with Gasteiger partial charge in [0.05, 0.1) is 11.5 Å². The summed E-state index contributed by atoms with van der Waals surface area (Å²) in [5, 5.41) is 5.94. The van der Waals surface area contributed by atoms with Crippen LogP contribution in [0.25, 0.3) is 0 Å². The van der Waals surface area contributed by atoms with E-state index in [4.69, 9.17) is 0 Å². The van der Waals surface area contributed by atoms with E-state index in [2.05, 4.69) is 36.3 Å². The summed E-state index contributed by atoms with van der Waals surface area (Å²) in [6.45, 7) is 11.7. The molecule has 1 atom stereocenters. The first kappa shape index (κ1) is 22.8. The number of aryl methyl sites for hydroxylation is 1. The number of carbonyl (C=O) groups is 2. The molecule has 0 saturated carbocycles. The Morgan fingerprint density at radius 3 is 2.50 bits per heavy atom. The zero-order valence-electron chi connectivity index (χ0n) is 17.7. The Morgan fingerprint density at radius 1 is 1.18 bits per heavy atom. The predicted octanol–water partition coefficient (Wildman–Crippen LogP) is 3.54. The average molecular weight is 406 g/mol. The zero-order valence-corrected chi connectivity index (χ0v) is 18.5. The Balaban J connectivity index is 1.67. The summed E-state index contributed by atoms with van der Waals surface area (Å²) in [5.74, 6) is 1.82. The van der Waals surface area contributed by atoms with Crippen molar-refractivity contribution in [1.29, 1.82) is 0 Å². The summed E-state index contributed by atoms with van der Waals surface area (Å²) in [6, 6.07) is 8.09. The van der Waals surface area contributed by atoms with Gasteiger partial charge in [-0.3, -0.25) is 14.5 Å². The van der Waals surface area contributed by atoms with Gasteiger partial charge < -0.3 is 10.6 Å². The number of amides is 2. The first-order chi connectivity index (χ1) is 13.3. The number of benzene rings is 1. The SMILES string of the molecule is Cc1cccc(NC(=O)CSCC(=O)NCC(C(C)C)N2CCC(C)CC2)c1. The second kappa shape index (κ2) is 11.5. The van der Waals surface area contributed by atoms with Crippen LogP contribution in [0.3, 0.4) is 0 Å². The van der Waals surface area contributed by atoms with E-state index in [1.54, 1.807) is 0 Å². The Labute approximate surface area is 174 Å². The van der Waals surface area contributed by atoms with Gasteiger partial charge in [0.2, 0.25) is 11.8 Å². The Morgan fingerprint density at radius 2 is 1.86 bits per heavy atom. The number of likely N-dealkylation sites (tertiary alicyclic amines) is 1. The van der Waals surface area contributed by atoms with Gasteiger partial charge in [-0.05, 0) is 62.4 Å². The summed E-state index contributed by atoms with van der Waals surface area (Å²) in [4.78, 5) is 26.8. The smallest absolute Gasteiger partial charge is 0.234 e. The molecule has 156 valence electrons. The second-order valence-electron chi connectivity index (χ2n) is 8.24. The van der Waals surface area contributed by atoms with Crippen molar-refractivity contribution < 1.29 is 9.59 Å². The van der Waals surface area contributed by atoms with E-state index < -0.39 is 0 Å². The van der Waals surface area contributed by atoms with E-state index in [1.807, 2.05) is 31.2 Å². The molecule has 1 heterocycles. The maximum atomic E-state index is 12.2. The minimum Gasteiger partial charge on any atom is -0.354 e. The lowest BCUT2D eigenvalue weighted by molar-refractivity contribution is -0.118. The second-order valence-corrected chi connectivity index (χ2v) is 9.23. The van der Waals surface area contributed by atoms with Crippen molar-refractivity contribution in [1.82, 2.24) is 10.2 Å². The van der Waals surface area contributed by atoms with Crippen molar-refractivity contribution in [2.75, 3.05) is 36.5 Å². The molecule has 2 rings (SSSR count). The van der Waals surface area contributed by atoms with Gasteiger partial charge in [-0.25, -0.2) is 0 Å². The summed E-state index contributed by atoms with van der Waals surface area (Å²) in [6.07, 6.45) is 2.48. The van der Waals surface area contributed by atoms with Crippen LogP contribution in [0.4, 0.5) is 5.69 Å². The van der Waals surface area contributed by atoms with Crippen LogP contribution in [0.5, 0.6) is 0 Å². The van der Waals surface area contributed by atoms with Crippen molar-refractivity contribution in [2.24, 2.45) is 11.8 Å². The van der Waals surface area contributed by atoms with Crippen LogP contribution in [0.15, 0.2) is 24.3 Å². The molecular weight excluding hydrogens is 370 g/mol. The lowest BCUT2D eigenvalue weighted by Gasteiger charge is -2.38. The summed E-state index contributed by atoms with van der Waals surface area (Å²) in [5.41, 5.74) is 1.90. The average Bonchev–Trinajstić information content (AvgIpc) is 2.63. The Hall–Kier alpha value is -1.53. The van der Waals surface area contributed by atoms with Crippen LogP contribution in [-0.4, -0.2) is 53.9 Å². The fourth-order valence-electron chi connectivity index (χ4n) is 3.57. The molecule has 1 aromatic carbocycles. The van der Waals surface area contributed by atoms with E-state index in [9.17, 15) is 9.59 Å². The standard InChI is InChI=1S/C22H35N3O2S/c1-16(2)20(25-10-8-17(3)9-11-25)13-23-21(26)14-28-15-22(27)24-19-7-5-6-18(4)12-19/h5-7,12,16-17,20H,8-11,13-15H2,1-4H3,(H,23,26)(H,24,27). The van der Waals surface area contributed by atoms with E-state index >= 15 is 0 Å². The minimum atomic E-state index is -0.0779. The molecule has 1 unspecified atom stereocenters. The lowest BCUT2D eigenvalue weighted by atomic mass is 9.94. The molecule has 0 aromatic heterocycles. The fourth-order valence-corrected chi connectivity index (χ4v) is 4.22. The number of hydrogen-bond acceptors (Lipinski definition) is 4. The molecule has 5 nitrogen and oxygen atoms in total. The third-order valence-corrected chi connectivity index (χ3v) is 6.27. The molecule has 2 N–H and O–H groups in total. The molecule has 1 aliphatic heterocycles. The zero-order chi connectivity index (χ0) is 20.5. The van der Waals surface area contributed by atoms with E-state index in [0.717, 1.165) is 30.3 Å². The van der Waals surface area contributed by atoms with Gasteiger partial charge in [0.25, 0.3) is 0 Å². The van der Waals surface area contributed by atoms with Crippen molar-refractivity contribution in [2.45, 2.75) is 46.6 Å². The third kappa shape index (κ3) is 7.84. The monoisotopic (exact) mass is 405 g/mol. The van der Waals surface area contributed by atoms with Gasteiger partial charge in [-0.15, -0.1) is 11.8 Å². The van der Waals surface area contributed by atoms with Crippen LogP contribution in [0.1, 0.15) is 39.2 Å². The molecule has 0 bridgehead atoms. The first-order valence-electron chi connectivity index (χ1n) is 10.3. The van der Waals surface area contributed by atoms with E-state index in [0.29, 0.717) is 24.3 Å². The van der Waals surface area contributed by atoms with Gasteiger partial charge in [0.1, 0.15) is 0 Å². The molecule has 0 radical (unpaired) electrons. The number of rotatable bonds is 9. The number of piperidine rings is 1. The highest BCUT2D eigenvalue weighted by atomic mass is 32.2. The number of nitrogens with zero attached hydrogens (tertiary/aromatic N) is 1. The Bertz CT molecular complexity index is 642. The van der Waals surface area contributed by atoms with Crippen LogP contribution < -0.4 is 10.6 Å². The molecular formula is C22H35N3O2S. The van der Waals surface area contributed by atoms with Crippen molar-refractivity contribution in [3.63, 3.8) is 0 Å². The Kier molecular flexibility index (Phi) is 9.32. The van der Waals surface area contributed by atoms with Gasteiger partial charge in [0.15, 0.2) is 0 Å². The molecule has 28 heavy (non-hydrogen) atoms. The number of carbonyl (C=O) groups excluding carboxylic acids is 2. The molecule has 1 aromatic rings. The highest BCUT2D eigenvalue weighted by molar-refractivity contribution is 8.00. The number of nitrogens with one attached hydrogen (secondary N) is 2. The summed E-state index contributed by atoms with van der Waals surface area (Å²) < 4.78 is 0. The normalized spacial score (nSPS) is 16.8. The van der Waals surface area contributed by atoms with Gasteiger partial charge >= 0.3 is 0 Å². The van der Waals surface area contributed by atoms with Crippen LogP contribution >= 0.6 is 11.8 Å². The fraction of sp³-hybridized carbons (Fsp3) is 0.636. The molecule has 0 spiro atoms. The van der Waals surface area contributed by atoms with Crippen molar-refractivity contribution in [3.8, 4) is 0 Å². The van der Waals surface area contributed by atoms with Crippen molar-refractivity contribution >= 4 is 29.3 Å². The molecule has 2 amide bonds. The number of anilines is 1. The van der Waals surface area contributed by atoms with Gasteiger partial charge in [-0.1, -0.05) is 32.9 Å². The molecule has 1 aliphatic rings. The van der Waals surface area contributed by atoms with E-state index in [1.165, 1.54) is 24.6 Å². The largest absolute Gasteiger partial charge is 0.354 e. The number of thioether (sulfide) groups is 1. The van der Waals surface area contributed by atoms with Crippen LogP contribution in [0, 0.1) is 18.8 Å². The highest BCUT2D eigenvalue weighted by Gasteiger charge is 2.25. The molecule has 6 heteroatoms. The van der Waals surface area contributed by atoms with E-state index in [-0.39, 0.29) is 17.6 Å². The summed E-state index contributed by atoms with van der Waals surface area (Å²) >= 11 is 1.35. The first-order valence-corrected chi connectivity index (χ1v) is 11.5. The summed E-state index contributed by atoms with van der Waals surface area (Å²) in [7, 11) is 0.